The molecule has 1 aliphatic rings. The first kappa shape index (κ1) is 14.8. The summed E-state index contributed by atoms with van der Waals surface area (Å²) >= 11 is 5.80. The number of hydrogen-bond acceptors (Lipinski definition) is 4. The van der Waals surface area contributed by atoms with E-state index >= 15 is 0 Å². The number of halogens is 1. The predicted molar refractivity (Wildman–Crippen MR) is 75.8 cm³/mol. The van der Waals surface area contributed by atoms with Gasteiger partial charge in [-0.3, -0.25) is 4.79 Å². The summed E-state index contributed by atoms with van der Waals surface area (Å²) < 4.78 is 5.02. The molecule has 1 aliphatic heterocycles. The van der Waals surface area contributed by atoms with Crippen LogP contribution in [0, 0.1) is 0 Å². The van der Waals surface area contributed by atoms with Crippen molar-refractivity contribution in [3.8, 4) is 0 Å². The summed E-state index contributed by atoms with van der Waals surface area (Å²) in [5.41, 5.74) is 0.351. The summed E-state index contributed by atoms with van der Waals surface area (Å²) in [6, 6.07) is 6.47. The van der Waals surface area contributed by atoms with E-state index in [0.717, 1.165) is 13.1 Å². The molecule has 0 aliphatic carbocycles. The van der Waals surface area contributed by atoms with Gasteiger partial charge >= 0.3 is 5.97 Å². The lowest BCUT2D eigenvalue weighted by Gasteiger charge is -2.32. The molecule has 0 atom stereocenters. The number of nitrogens with zero attached hydrogens (tertiary/aromatic N) is 2. The van der Waals surface area contributed by atoms with Crippen molar-refractivity contribution >= 4 is 23.5 Å². The van der Waals surface area contributed by atoms with E-state index in [2.05, 4.69) is 4.90 Å². The van der Waals surface area contributed by atoms with Gasteiger partial charge in [-0.15, -0.1) is 0 Å². The third-order valence-electron chi connectivity index (χ3n) is 3.24. The fraction of sp³-hybridized carbons (Fsp3) is 0.429. The predicted octanol–water partition coefficient (Wildman–Crippen LogP) is 1.27. The van der Waals surface area contributed by atoms with Crippen LogP contribution in [-0.2, 0) is 9.53 Å². The summed E-state index contributed by atoms with van der Waals surface area (Å²) in [7, 11) is 2.01. The van der Waals surface area contributed by atoms with Gasteiger partial charge in [0.25, 0.3) is 5.91 Å². The van der Waals surface area contributed by atoms with Gasteiger partial charge in [0.15, 0.2) is 6.61 Å². The average Bonchev–Trinajstić information content (AvgIpc) is 2.45. The van der Waals surface area contributed by atoms with E-state index in [0.29, 0.717) is 23.7 Å². The number of amides is 1. The van der Waals surface area contributed by atoms with Crippen LogP contribution in [0.4, 0.5) is 0 Å². The monoisotopic (exact) mass is 296 g/mol. The van der Waals surface area contributed by atoms with Crippen molar-refractivity contribution in [3.63, 3.8) is 0 Å². The maximum absolute atomic E-state index is 11.9. The summed E-state index contributed by atoms with van der Waals surface area (Å²) in [5, 5.41) is 0.463. The van der Waals surface area contributed by atoms with E-state index in [-0.39, 0.29) is 12.5 Å². The van der Waals surface area contributed by atoms with Crippen LogP contribution in [-0.4, -0.2) is 61.5 Å². The summed E-state index contributed by atoms with van der Waals surface area (Å²) in [6.07, 6.45) is 0. The van der Waals surface area contributed by atoms with Crippen LogP contribution in [0.2, 0.25) is 5.02 Å². The Morgan fingerprint density at radius 1 is 1.25 bits per heavy atom. The second kappa shape index (κ2) is 6.72. The van der Waals surface area contributed by atoms with Crippen LogP contribution < -0.4 is 0 Å². The zero-order chi connectivity index (χ0) is 14.5. The van der Waals surface area contributed by atoms with Crippen molar-refractivity contribution in [2.45, 2.75) is 0 Å². The number of piperazine rings is 1. The molecule has 0 unspecified atom stereocenters. The highest BCUT2D eigenvalue weighted by Crippen LogP contribution is 2.11. The Kier molecular flexibility index (Phi) is 4.98. The maximum atomic E-state index is 11.9. The lowest BCUT2D eigenvalue weighted by atomic mass is 10.2. The minimum Gasteiger partial charge on any atom is -0.452 e. The van der Waals surface area contributed by atoms with Crippen LogP contribution >= 0.6 is 11.6 Å². The molecule has 5 nitrogen and oxygen atoms in total. The van der Waals surface area contributed by atoms with Crippen molar-refractivity contribution in [2.75, 3.05) is 39.8 Å². The Morgan fingerprint density at radius 3 is 2.60 bits per heavy atom. The van der Waals surface area contributed by atoms with Crippen LogP contribution in [0.1, 0.15) is 10.4 Å². The Labute approximate surface area is 123 Å². The highest BCUT2D eigenvalue weighted by molar-refractivity contribution is 6.30. The number of benzene rings is 1. The van der Waals surface area contributed by atoms with E-state index in [4.69, 9.17) is 16.3 Å². The molecule has 1 saturated heterocycles. The Morgan fingerprint density at radius 2 is 1.95 bits per heavy atom. The van der Waals surface area contributed by atoms with Crippen molar-refractivity contribution in [1.29, 1.82) is 0 Å². The fourth-order valence-corrected chi connectivity index (χ4v) is 2.16. The number of hydrogen-bond donors (Lipinski definition) is 0. The molecule has 1 aromatic rings. The van der Waals surface area contributed by atoms with Crippen molar-refractivity contribution < 1.29 is 14.3 Å². The molecule has 0 radical (unpaired) electrons. The molecule has 0 N–H and O–H groups in total. The van der Waals surface area contributed by atoms with Crippen molar-refractivity contribution in [1.82, 2.24) is 9.80 Å². The van der Waals surface area contributed by atoms with Gasteiger partial charge < -0.3 is 14.5 Å². The van der Waals surface area contributed by atoms with Crippen molar-refractivity contribution in [3.05, 3.63) is 34.9 Å². The molecule has 0 spiro atoms. The number of likely N-dealkylation sites (N-methyl/N-ethyl adjacent to an activating group) is 1. The van der Waals surface area contributed by atoms with E-state index in [1.807, 2.05) is 7.05 Å². The zero-order valence-corrected chi connectivity index (χ0v) is 12.1. The second-order valence-electron chi connectivity index (χ2n) is 4.77. The molecule has 0 bridgehead atoms. The molecular formula is C14H17ClN2O3. The van der Waals surface area contributed by atoms with Crippen molar-refractivity contribution in [2.24, 2.45) is 0 Å². The van der Waals surface area contributed by atoms with Crippen LogP contribution in [0.3, 0.4) is 0 Å². The van der Waals surface area contributed by atoms with E-state index in [9.17, 15) is 9.59 Å². The average molecular weight is 297 g/mol. The Balaban J connectivity index is 1.82. The summed E-state index contributed by atoms with van der Waals surface area (Å²) in [5.74, 6) is -0.691. The van der Waals surface area contributed by atoms with E-state index < -0.39 is 5.97 Å². The highest BCUT2D eigenvalue weighted by atomic mass is 35.5. The highest BCUT2D eigenvalue weighted by Gasteiger charge is 2.20. The quantitative estimate of drug-likeness (QED) is 0.788. The standard InChI is InChI=1S/C14H17ClN2O3/c1-16-5-7-17(8-6-16)13(18)10-20-14(19)11-3-2-4-12(15)9-11/h2-4,9H,5-8,10H2,1H3. The van der Waals surface area contributed by atoms with Crippen LogP contribution in [0.5, 0.6) is 0 Å². The Bertz CT molecular complexity index is 499. The molecule has 2 rings (SSSR count). The molecule has 1 amide bonds. The first-order valence-corrected chi connectivity index (χ1v) is 6.83. The van der Waals surface area contributed by atoms with Crippen LogP contribution in [0.15, 0.2) is 24.3 Å². The van der Waals surface area contributed by atoms with Gasteiger partial charge in [0.05, 0.1) is 5.56 Å². The van der Waals surface area contributed by atoms with Gasteiger partial charge in [0, 0.05) is 31.2 Å². The summed E-state index contributed by atoms with van der Waals surface area (Å²) in [4.78, 5) is 27.6. The molecule has 1 aromatic carbocycles. The first-order valence-electron chi connectivity index (χ1n) is 6.45. The van der Waals surface area contributed by atoms with Gasteiger partial charge in [-0.05, 0) is 25.2 Å². The minimum absolute atomic E-state index is 0.159. The minimum atomic E-state index is -0.532. The SMILES string of the molecule is CN1CCN(C(=O)COC(=O)c2cccc(Cl)c2)CC1. The van der Waals surface area contributed by atoms with Crippen LogP contribution in [0.25, 0.3) is 0 Å². The van der Waals surface area contributed by atoms with Gasteiger partial charge in [-0.25, -0.2) is 4.79 Å². The number of carbonyl (C=O) groups excluding carboxylic acids is 2. The number of ether oxygens (including phenoxy) is 1. The molecule has 1 heterocycles. The lowest BCUT2D eigenvalue weighted by molar-refractivity contribution is -0.136. The van der Waals surface area contributed by atoms with Gasteiger partial charge in [0.2, 0.25) is 0 Å². The summed E-state index contributed by atoms with van der Waals surface area (Å²) in [6.45, 7) is 2.80. The molecule has 6 heteroatoms. The maximum Gasteiger partial charge on any atom is 0.338 e. The number of esters is 1. The van der Waals surface area contributed by atoms with Gasteiger partial charge in [-0.2, -0.15) is 0 Å². The molecule has 0 aromatic heterocycles. The normalized spacial score (nSPS) is 16.0. The molecule has 20 heavy (non-hydrogen) atoms. The first-order chi connectivity index (χ1) is 9.56. The number of rotatable bonds is 3. The number of carbonyl (C=O) groups is 2. The zero-order valence-electron chi connectivity index (χ0n) is 11.3. The topological polar surface area (TPSA) is 49.9 Å². The van der Waals surface area contributed by atoms with E-state index in [1.54, 1.807) is 23.1 Å². The van der Waals surface area contributed by atoms with Gasteiger partial charge in [-0.1, -0.05) is 17.7 Å². The molecule has 0 saturated carbocycles. The molecule has 108 valence electrons. The third kappa shape index (κ3) is 3.95. The lowest BCUT2D eigenvalue weighted by Crippen LogP contribution is -2.48. The Hall–Kier alpha value is -1.59. The smallest absolute Gasteiger partial charge is 0.338 e. The van der Waals surface area contributed by atoms with E-state index in [1.165, 1.54) is 6.07 Å². The fourth-order valence-electron chi connectivity index (χ4n) is 1.97. The third-order valence-corrected chi connectivity index (χ3v) is 3.48. The largest absolute Gasteiger partial charge is 0.452 e. The van der Waals surface area contributed by atoms with Gasteiger partial charge in [0.1, 0.15) is 0 Å². The molecule has 1 fully saturated rings. The second-order valence-corrected chi connectivity index (χ2v) is 5.21. The molecular weight excluding hydrogens is 280 g/mol.